The number of aliphatic hydroxyl groups excluding tert-OH is 1. The molecule has 0 bridgehead atoms. The average Bonchev–Trinajstić information content (AvgIpc) is 2.31. The SMILES string of the molecule is Cc1cc(CO)cc(Oc2ccc(Cl)cc2)c1. The number of rotatable bonds is 3. The Morgan fingerprint density at radius 3 is 2.41 bits per heavy atom. The normalized spacial score (nSPS) is 10.3. The van der Waals surface area contributed by atoms with E-state index in [1.807, 2.05) is 37.3 Å². The van der Waals surface area contributed by atoms with Crippen LogP contribution in [-0.2, 0) is 6.61 Å². The smallest absolute Gasteiger partial charge is 0.128 e. The first-order valence-electron chi connectivity index (χ1n) is 5.32. The highest BCUT2D eigenvalue weighted by Gasteiger charge is 2.01. The van der Waals surface area contributed by atoms with Crippen molar-refractivity contribution >= 4 is 11.6 Å². The molecule has 88 valence electrons. The summed E-state index contributed by atoms with van der Waals surface area (Å²) in [5.41, 5.74) is 1.90. The highest BCUT2D eigenvalue weighted by Crippen LogP contribution is 2.25. The Balaban J connectivity index is 2.23. The van der Waals surface area contributed by atoms with Gasteiger partial charge in [0.1, 0.15) is 11.5 Å². The van der Waals surface area contributed by atoms with Crippen molar-refractivity contribution in [2.45, 2.75) is 13.5 Å². The maximum atomic E-state index is 9.12. The molecule has 17 heavy (non-hydrogen) atoms. The number of hydrogen-bond acceptors (Lipinski definition) is 2. The zero-order valence-electron chi connectivity index (χ0n) is 9.48. The second-order valence-corrected chi connectivity index (χ2v) is 4.30. The molecule has 0 spiro atoms. The van der Waals surface area contributed by atoms with Gasteiger partial charge in [-0.1, -0.05) is 17.7 Å². The maximum Gasteiger partial charge on any atom is 0.128 e. The Bertz CT molecular complexity index is 506. The first kappa shape index (κ1) is 12.0. The van der Waals surface area contributed by atoms with Crippen molar-refractivity contribution in [2.75, 3.05) is 0 Å². The lowest BCUT2D eigenvalue weighted by Gasteiger charge is -2.08. The van der Waals surface area contributed by atoms with Gasteiger partial charge in [-0.25, -0.2) is 0 Å². The Morgan fingerprint density at radius 1 is 1.06 bits per heavy atom. The number of hydrogen-bond donors (Lipinski definition) is 1. The third kappa shape index (κ3) is 3.22. The molecule has 0 aliphatic carbocycles. The third-order valence-corrected chi connectivity index (χ3v) is 2.59. The van der Waals surface area contributed by atoms with E-state index in [1.54, 1.807) is 12.1 Å². The number of benzene rings is 2. The molecule has 0 aliphatic heterocycles. The lowest BCUT2D eigenvalue weighted by Crippen LogP contribution is -1.89. The van der Waals surface area contributed by atoms with Crippen molar-refractivity contribution in [3.05, 3.63) is 58.6 Å². The molecule has 2 rings (SSSR count). The lowest BCUT2D eigenvalue weighted by atomic mass is 10.1. The van der Waals surface area contributed by atoms with Crippen molar-refractivity contribution in [3.63, 3.8) is 0 Å². The van der Waals surface area contributed by atoms with E-state index in [9.17, 15) is 0 Å². The van der Waals surface area contributed by atoms with Crippen molar-refractivity contribution in [1.29, 1.82) is 0 Å². The first-order chi connectivity index (χ1) is 8.17. The molecule has 2 aromatic rings. The van der Waals surface area contributed by atoms with Crippen LogP contribution in [0.1, 0.15) is 11.1 Å². The molecular formula is C14H13ClO2. The lowest BCUT2D eigenvalue weighted by molar-refractivity contribution is 0.281. The van der Waals surface area contributed by atoms with E-state index in [2.05, 4.69) is 0 Å². The van der Waals surface area contributed by atoms with Crippen LogP contribution < -0.4 is 4.74 Å². The Morgan fingerprint density at radius 2 is 1.76 bits per heavy atom. The van der Waals surface area contributed by atoms with Crippen LogP contribution in [0.25, 0.3) is 0 Å². The first-order valence-corrected chi connectivity index (χ1v) is 5.70. The zero-order chi connectivity index (χ0) is 12.3. The van der Waals surface area contributed by atoms with Crippen molar-refractivity contribution in [3.8, 4) is 11.5 Å². The molecule has 2 nitrogen and oxygen atoms in total. The summed E-state index contributed by atoms with van der Waals surface area (Å²) in [6, 6.07) is 12.8. The summed E-state index contributed by atoms with van der Waals surface area (Å²) in [5, 5.41) is 9.79. The number of aryl methyl sites for hydroxylation is 1. The van der Waals surface area contributed by atoms with Crippen LogP contribution in [0.5, 0.6) is 11.5 Å². The third-order valence-electron chi connectivity index (χ3n) is 2.34. The summed E-state index contributed by atoms with van der Waals surface area (Å²) in [7, 11) is 0. The maximum absolute atomic E-state index is 9.12. The fourth-order valence-electron chi connectivity index (χ4n) is 1.61. The van der Waals surface area contributed by atoms with Gasteiger partial charge in [-0.15, -0.1) is 0 Å². The summed E-state index contributed by atoms with van der Waals surface area (Å²) in [6.07, 6.45) is 0. The van der Waals surface area contributed by atoms with Crippen LogP contribution >= 0.6 is 11.6 Å². The van der Waals surface area contributed by atoms with Crippen LogP contribution in [0.3, 0.4) is 0 Å². The molecule has 0 radical (unpaired) electrons. The van der Waals surface area contributed by atoms with Gasteiger partial charge in [-0.05, 0) is 54.4 Å². The Kier molecular flexibility index (Phi) is 3.67. The van der Waals surface area contributed by atoms with Crippen molar-refractivity contribution < 1.29 is 9.84 Å². The van der Waals surface area contributed by atoms with Crippen LogP contribution in [0, 0.1) is 6.92 Å². The summed E-state index contributed by atoms with van der Waals surface area (Å²) >= 11 is 5.80. The van der Waals surface area contributed by atoms with Crippen molar-refractivity contribution in [1.82, 2.24) is 0 Å². The number of halogens is 1. The largest absolute Gasteiger partial charge is 0.457 e. The zero-order valence-corrected chi connectivity index (χ0v) is 10.2. The van der Waals surface area contributed by atoms with Crippen molar-refractivity contribution in [2.24, 2.45) is 0 Å². The topological polar surface area (TPSA) is 29.5 Å². The molecular weight excluding hydrogens is 236 g/mol. The van der Waals surface area contributed by atoms with Crippen LogP contribution in [0.2, 0.25) is 5.02 Å². The molecule has 0 aromatic heterocycles. The second-order valence-electron chi connectivity index (χ2n) is 3.87. The van der Waals surface area contributed by atoms with E-state index in [4.69, 9.17) is 21.4 Å². The summed E-state index contributed by atoms with van der Waals surface area (Å²) < 4.78 is 5.69. The molecule has 0 saturated carbocycles. The predicted octanol–water partition coefficient (Wildman–Crippen LogP) is 3.93. The van der Waals surface area contributed by atoms with Gasteiger partial charge >= 0.3 is 0 Å². The van der Waals surface area contributed by atoms with Gasteiger partial charge in [-0.3, -0.25) is 0 Å². The highest BCUT2D eigenvalue weighted by atomic mass is 35.5. The minimum absolute atomic E-state index is 0.0126. The van der Waals surface area contributed by atoms with Gasteiger partial charge in [0, 0.05) is 5.02 Å². The van der Waals surface area contributed by atoms with E-state index in [1.165, 1.54) is 0 Å². The highest BCUT2D eigenvalue weighted by molar-refractivity contribution is 6.30. The molecule has 0 unspecified atom stereocenters. The predicted molar refractivity (Wildman–Crippen MR) is 68.6 cm³/mol. The summed E-state index contributed by atoms with van der Waals surface area (Å²) in [6.45, 7) is 1.98. The van der Waals surface area contributed by atoms with E-state index in [0.29, 0.717) is 5.02 Å². The second kappa shape index (κ2) is 5.21. The van der Waals surface area contributed by atoms with E-state index in [0.717, 1.165) is 22.6 Å². The quantitative estimate of drug-likeness (QED) is 0.892. The van der Waals surface area contributed by atoms with E-state index < -0.39 is 0 Å². The fraction of sp³-hybridized carbons (Fsp3) is 0.143. The summed E-state index contributed by atoms with van der Waals surface area (Å²) in [4.78, 5) is 0. The molecule has 0 saturated heterocycles. The monoisotopic (exact) mass is 248 g/mol. The molecule has 0 fully saturated rings. The van der Waals surface area contributed by atoms with Gasteiger partial charge in [0.05, 0.1) is 6.61 Å². The fourth-order valence-corrected chi connectivity index (χ4v) is 1.74. The number of aliphatic hydroxyl groups is 1. The van der Waals surface area contributed by atoms with Gasteiger partial charge in [0.15, 0.2) is 0 Å². The average molecular weight is 249 g/mol. The standard InChI is InChI=1S/C14H13ClO2/c1-10-6-11(9-16)8-14(7-10)17-13-4-2-12(15)3-5-13/h2-8,16H,9H2,1H3. The Labute approximate surface area is 105 Å². The Hall–Kier alpha value is -1.51. The van der Waals surface area contributed by atoms with Gasteiger partial charge in [0.2, 0.25) is 0 Å². The van der Waals surface area contributed by atoms with Crippen LogP contribution in [-0.4, -0.2) is 5.11 Å². The molecule has 2 aromatic carbocycles. The molecule has 0 atom stereocenters. The van der Waals surface area contributed by atoms with E-state index in [-0.39, 0.29) is 6.61 Å². The summed E-state index contributed by atoms with van der Waals surface area (Å²) in [5.74, 6) is 1.44. The van der Waals surface area contributed by atoms with Gasteiger partial charge < -0.3 is 9.84 Å². The molecule has 3 heteroatoms. The van der Waals surface area contributed by atoms with Gasteiger partial charge in [0.25, 0.3) is 0 Å². The number of ether oxygens (including phenoxy) is 1. The molecule has 0 aliphatic rings. The molecule has 0 heterocycles. The minimum Gasteiger partial charge on any atom is -0.457 e. The van der Waals surface area contributed by atoms with Crippen LogP contribution in [0.4, 0.5) is 0 Å². The molecule has 0 amide bonds. The van der Waals surface area contributed by atoms with E-state index >= 15 is 0 Å². The molecule has 1 N–H and O–H groups in total. The van der Waals surface area contributed by atoms with Crippen LogP contribution in [0.15, 0.2) is 42.5 Å². The minimum atomic E-state index is 0.0126. The van der Waals surface area contributed by atoms with Gasteiger partial charge in [-0.2, -0.15) is 0 Å².